The predicted octanol–water partition coefficient (Wildman–Crippen LogP) is 2.14. The van der Waals surface area contributed by atoms with Crippen LogP contribution >= 0.6 is 0 Å². The van der Waals surface area contributed by atoms with Crippen molar-refractivity contribution in [3.8, 4) is 0 Å². The highest BCUT2D eigenvalue weighted by Gasteiger charge is 2.30. The van der Waals surface area contributed by atoms with Crippen LogP contribution in [0.3, 0.4) is 0 Å². The van der Waals surface area contributed by atoms with Crippen LogP contribution in [-0.2, 0) is 13.1 Å². The van der Waals surface area contributed by atoms with Gasteiger partial charge in [0.15, 0.2) is 5.82 Å². The molecule has 3 rings (SSSR count). The molecule has 2 N–H and O–H groups in total. The molecule has 2 aromatic rings. The molecular weight excluding hydrogens is 347 g/mol. The van der Waals surface area contributed by atoms with Gasteiger partial charge in [0, 0.05) is 24.7 Å². The predicted molar refractivity (Wildman–Crippen MR) is 101 cm³/mol. The number of carbonyl (C=O) groups excluding carboxylic acids is 1. The number of nitrogens with one attached hydrogen (secondary N) is 2. The van der Waals surface area contributed by atoms with Crippen molar-refractivity contribution in [2.24, 2.45) is 0 Å². The molecule has 27 heavy (non-hydrogen) atoms. The van der Waals surface area contributed by atoms with Gasteiger partial charge in [0.05, 0.1) is 13.1 Å². The lowest BCUT2D eigenvalue weighted by molar-refractivity contribution is 0.170. The highest BCUT2D eigenvalue weighted by Crippen LogP contribution is 2.20. The summed E-state index contributed by atoms with van der Waals surface area (Å²) in [6.45, 7) is 9.07. The Morgan fingerprint density at radius 1 is 1.37 bits per heavy atom. The molecule has 2 amide bonds. The van der Waals surface area contributed by atoms with E-state index in [0.717, 1.165) is 25.1 Å². The van der Waals surface area contributed by atoms with Gasteiger partial charge in [0.1, 0.15) is 12.1 Å². The molecular formula is C19H27FN6O. The van der Waals surface area contributed by atoms with Gasteiger partial charge in [-0.3, -0.25) is 4.90 Å². The van der Waals surface area contributed by atoms with Gasteiger partial charge in [-0.05, 0) is 44.9 Å². The molecule has 0 radical (unpaired) electrons. The Morgan fingerprint density at radius 3 is 2.89 bits per heavy atom. The Kier molecular flexibility index (Phi) is 5.74. The van der Waals surface area contributed by atoms with Crippen LogP contribution in [0.5, 0.6) is 0 Å². The van der Waals surface area contributed by atoms with Crippen LogP contribution in [0.1, 0.15) is 38.6 Å². The molecule has 1 aromatic carbocycles. The highest BCUT2D eigenvalue weighted by molar-refractivity contribution is 5.74. The molecule has 8 heteroatoms. The molecule has 2 heterocycles. The third-order valence-corrected chi connectivity index (χ3v) is 4.70. The average Bonchev–Trinajstić information content (AvgIpc) is 3.22. The summed E-state index contributed by atoms with van der Waals surface area (Å²) in [6.07, 6.45) is 2.53. The summed E-state index contributed by atoms with van der Waals surface area (Å²) in [5.74, 6) is 0.243. The molecule has 1 fully saturated rings. The molecule has 0 unspecified atom stereocenters. The molecule has 0 aliphatic carbocycles. The molecule has 0 saturated carbocycles. The Bertz CT molecular complexity index is 785. The largest absolute Gasteiger partial charge is 0.334 e. The van der Waals surface area contributed by atoms with Crippen molar-refractivity contribution in [1.29, 1.82) is 0 Å². The Balaban J connectivity index is 1.44. The summed E-state index contributed by atoms with van der Waals surface area (Å²) in [5, 5.41) is 10.1. The van der Waals surface area contributed by atoms with Gasteiger partial charge >= 0.3 is 6.03 Å². The van der Waals surface area contributed by atoms with Crippen molar-refractivity contribution in [3.63, 3.8) is 0 Å². The lowest BCUT2D eigenvalue weighted by Crippen LogP contribution is -2.45. The van der Waals surface area contributed by atoms with Crippen LogP contribution in [0.2, 0.25) is 0 Å². The molecule has 1 aromatic heterocycles. The van der Waals surface area contributed by atoms with Crippen molar-refractivity contribution in [1.82, 2.24) is 30.3 Å². The van der Waals surface area contributed by atoms with Gasteiger partial charge in [-0.1, -0.05) is 12.1 Å². The number of hydrogen-bond acceptors (Lipinski definition) is 4. The number of nitrogens with zero attached hydrogens (tertiary/aromatic N) is 4. The number of amides is 2. The maximum atomic E-state index is 13.2. The first-order chi connectivity index (χ1) is 12.8. The lowest BCUT2D eigenvalue weighted by Gasteiger charge is -2.31. The SMILES string of the molecule is CC(C)(C)N1CC[C@H](NC(=O)NCc2ncn(Cc3cccc(F)c3)n2)C1. The minimum absolute atomic E-state index is 0.116. The summed E-state index contributed by atoms with van der Waals surface area (Å²) in [6, 6.07) is 6.32. The normalized spacial score (nSPS) is 17.9. The minimum atomic E-state index is -0.275. The summed E-state index contributed by atoms with van der Waals surface area (Å²) in [7, 11) is 0. The summed E-state index contributed by atoms with van der Waals surface area (Å²) >= 11 is 0. The minimum Gasteiger partial charge on any atom is -0.334 e. The smallest absolute Gasteiger partial charge is 0.315 e. The number of urea groups is 1. The standard InChI is InChI=1S/C19H27FN6O/c1-19(2,3)25-8-7-16(12-25)23-18(27)21-10-17-22-13-26(24-17)11-14-5-4-6-15(20)9-14/h4-6,9,13,16H,7-8,10-12H2,1-3H3,(H2,21,23,27)/t16-/m0/s1. The fourth-order valence-electron chi connectivity index (χ4n) is 3.20. The molecule has 1 aliphatic heterocycles. The van der Waals surface area contributed by atoms with Crippen molar-refractivity contribution >= 4 is 6.03 Å². The van der Waals surface area contributed by atoms with E-state index in [0.29, 0.717) is 12.4 Å². The maximum absolute atomic E-state index is 13.2. The van der Waals surface area contributed by atoms with Gasteiger partial charge in [0.2, 0.25) is 0 Å². The zero-order valence-corrected chi connectivity index (χ0v) is 16.1. The second-order valence-corrected chi connectivity index (χ2v) is 7.92. The molecule has 1 aliphatic rings. The Morgan fingerprint density at radius 2 is 2.19 bits per heavy atom. The molecule has 1 atom stereocenters. The van der Waals surface area contributed by atoms with E-state index < -0.39 is 0 Å². The average molecular weight is 374 g/mol. The molecule has 146 valence electrons. The van der Waals surface area contributed by atoms with Crippen LogP contribution in [0, 0.1) is 5.82 Å². The van der Waals surface area contributed by atoms with Crippen molar-refractivity contribution in [2.75, 3.05) is 13.1 Å². The van der Waals surface area contributed by atoms with E-state index in [2.05, 4.69) is 46.4 Å². The molecule has 0 bridgehead atoms. The van der Waals surface area contributed by atoms with Crippen LogP contribution in [-0.4, -0.2) is 50.4 Å². The highest BCUT2D eigenvalue weighted by atomic mass is 19.1. The van der Waals surface area contributed by atoms with Crippen molar-refractivity contribution in [2.45, 2.75) is 51.9 Å². The van der Waals surface area contributed by atoms with Gasteiger partial charge in [-0.25, -0.2) is 18.9 Å². The zero-order chi connectivity index (χ0) is 19.4. The van der Waals surface area contributed by atoms with E-state index in [1.165, 1.54) is 12.1 Å². The van der Waals surface area contributed by atoms with Crippen LogP contribution in [0.15, 0.2) is 30.6 Å². The zero-order valence-electron chi connectivity index (χ0n) is 16.1. The first kappa shape index (κ1) is 19.3. The van der Waals surface area contributed by atoms with E-state index in [4.69, 9.17) is 0 Å². The fraction of sp³-hybridized carbons (Fsp3) is 0.526. The topological polar surface area (TPSA) is 75.1 Å². The molecule has 1 saturated heterocycles. The number of halogens is 1. The van der Waals surface area contributed by atoms with E-state index in [1.807, 2.05) is 6.07 Å². The van der Waals surface area contributed by atoms with E-state index in [9.17, 15) is 9.18 Å². The quantitative estimate of drug-likeness (QED) is 0.841. The number of hydrogen-bond donors (Lipinski definition) is 2. The first-order valence-electron chi connectivity index (χ1n) is 9.22. The van der Waals surface area contributed by atoms with Gasteiger partial charge in [-0.15, -0.1) is 0 Å². The maximum Gasteiger partial charge on any atom is 0.315 e. The van der Waals surface area contributed by atoms with Crippen LogP contribution < -0.4 is 10.6 Å². The Labute approximate surface area is 159 Å². The molecule has 7 nitrogen and oxygen atoms in total. The summed E-state index contributed by atoms with van der Waals surface area (Å²) in [4.78, 5) is 18.7. The van der Waals surface area contributed by atoms with Crippen molar-refractivity contribution in [3.05, 3.63) is 47.8 Å². The number of benzene rings is 1. The van der Waals surface area contributed by atoms with Gasteiger partial charge in [0.25, 0.3) is 0 Å². The molecule has 0 spiro atoms. The third-order valence-electron chi connectivity index (χ3n) is 4.70. The van der Waals surface area contributed by atoms with Gasteiger partial charge in [-0.2, -0.15) is 5.10 Å². The van der Waals surface area contributed by atoms with Crippen LogP contribution in [0.25, 0.3) is 0 Å². The third kappa shape index (κ3) is 5.50. The van der Waals surface area contributed by atoms with Crippen molar-refractivity contribution < 1.29 is 9.18 Å². The van der Waals surface area contributed by atoms with Gasteiger partial charge < -0.3 is 10.6 Å². The number of rotatable bonds is 5. The number of carbonyl (C=O) groups is 1. The van der Waals surface area contributed by atoms with E-state index in [1.54, 1.807) is 17.1 Å². The first-order valence-corrected chi connectivity index (χ1v) is 9.22. The van der Waals surface area contributed by atoms with E-state index in [-0.39, 0.29) is 30.0 Å². The van der Waals surface area contributed by atoms with E-state index >= 15 is 0 Å². The van der Waals surface area contributed by atoms with Crippen LogP contribution in [0.4, 0.5) is 9.18 Å². The number of aromatic nitrogens is 3. The second-order valence-electron chi connectivity index (χ2n) is 7.92. The fourth-order valence-corrected chi connectivity index (χ4v) is 3.20. The summed E-state index contributed by atoms with van der Waals surface area (Å²) in [5.41, 5.74) is 0.924. The second kappa shape index (κ2) is 8.04. The Hall–Kier alpha value is -2.48. The monoisotopic (exact) mass is 374 g/mol. The lowest BCUT2D eigenvalue weighted by atomic mass is 10.1. The summed E-state index contributed by atoms with van der Waals surface area (Å²) < 4.78 is 14.9. The number of likely N-dealkylation sites (tertiary alicyclic amines) is 1.